The number of hydrogen-bond donors (Lipinski definition) is 2. The van der Waals surface area contributed by atoms with Crippen molar-refractivity contribution < 1.29 is 0 Å². The van der Waals surface area contributed by atoms with E-state index in [9.17, 15) is 0 Å². The van der Waals surface area contributed by atoms with Gasteiger partial charge in [-0.1, -0.05) is 59.1 Å². The van der Waals surface area contributed by atoms with E-state index >= 15 is 0 Å². The van der Waals surface area contributed by atoms with Gasteiger partial charge in [0.15, 0.2) is 0 Å². The van der Waals surface area contributed by atoms with Crippen LogP contribution in [0.25, 0.3) is 0 Å². The lowest BCUT2D eigenvalue weighted by Crippen LogP contribution is -2.65. The lowest BCUT2D eigenvalue weighted by molar-refractivity contribution is -0.165. The van der Waals surface area contributed by atoms with Gasteiger partial charge in [-0.3, -0.25) is 0 Å². The number of rotatable bonds is 4. The van der Waals surface area contributed by atoms with Crippen molar-refractivity contribution in [2.75, 3.05) is 0 Å². The van der Waals surface area contributed by atoms with Crippen molar-refractivity contribution in [2.24, 2.45) is 154 Å². The van der Waals surface area contributed by atoms with Gasteiger partial charge < -0.3 is 10.6 Å². The minimum atomic E-state index is 0.808. The highest BCUT2D eigenvalue weighted by Gasteiger charge is 2.66. The van der Waals surface area contributed by atoms with E-state index in [1.54, 1.807) is 212 Å². The van der Waals surface area contributed by atoms with Crippen LogP contribution in [-0.4, -0.2) is 24.2 Å². The van der Waals surface area contributed by atoms with Crippen LogP contribution in [-0.2, 0) is 0 Å². The quantitative estimate of drug-likeness (QED) is 0.274. The van der Waals surface area contributed by atoms with Crippen LogP contribution >= 0.6 is 0 Å². The highest BCUT2D eigenvalue weighted by atomic mass is 15.1. The fraction of sp³-hybridized carbons (Fsp3) is 0.917. The van der Waals surface area contributed by atoms with Crippen LogP contribution in [0.3, 0.4) is 0 Å². The zero-order chi connectivity index (χ0) is 47.7. The van der Waals surface area contributed by atoms with Gasteiger partial charge in [0.2, 0.25) is 0 Å². The van der Waals surface area contributed by atoms with E-state index in [1.807, 2.05) is 0 Å². The van der Waals surface area contributed by atoms with Crippen LogP contribution in [0.2, 0.25) is 0 Å². The van der Waals surface area contributed by atoms with Gasteiger partial charge in [0.05, 0.1) is 0 Å². The first kappa shape index (κ1) is 45.8. The van der Waals surface area contributed by atoms with Crippen LogP contribution in [0.5, 0.6) is 0 Å². The van der Waals surface area contributed by atoms with Crippen molar-refractivity contribution in [3.63, 3.8) is 0 Å². The molecule has 30 atom stereocenters. The molecule has 402 valence electrons. The average molecular weight is 998 g/mol. The molecule has 0 amide bonds. The monoisotopic (exact) mass is 997 g/mol. The van der Waals surface area contributed by atoms with E-state index < -0.39 is 0 Å². The Balaban J connectivity index is 0.561. The smallest absolute Gasteiger partial charge is 0.0135 e. The molecule has 0 aromatic carbocycles. The maximum absolute atomic E-state index is 4.74. The Hall–Kier alpha value is -0.860. The second kappa shape index (κ2) is 17.3. The molecule has 19 rings (SSSR count). The number of hydrogen-bond acceptors (Lipinski definition) is 2. The maximum Gasteiger partial charge on any atom is 0.0135 e. The molecule has 13 fully saturated rings. The van der Waals surface area contributed by atoms with E-state index in [-0.39, 0.29) is 0 Å². The molecular weight excluding hydrogens is 893 g/mol. The molecule has 2 heteroatoms. The van der Waals surface area contributed by atoms with Gasteiger partial charge in [-0.15, -0.1) is 0 Å². The average Bonchev–Trinajstić information content (AvgIpc) is 4.15. The van der Waals surface area contributed by atoms with Gasteiger partial charge in [0.1, 0.15) is 0 Å². The molecule has 2 aliphatic heterocycles. The van der Waals surface area contributed by atoms with Crippen LogP contribution in [0, 0.1) is 154 Å². The minimum absolute atomic E-state index is 0.808. The molecule has 17 aliphatic carbocycles. The first-order valence-corrected chi connectivity index (χ1v) is 35.4. The molecule has 19 aliphatic rings. The van der Waals surface area contributed by atoms with E-state index in [1.165, 1.54) is 19.3 Å². The fourth-order valence-electron chi connectivity index (χ4n) is 29.9. The second-order valence-corrected chi connectivity index (χ2v) is 33.1. The summed E-state index contributed by atoms with van der Waals surface area (Å²) in [5, 5.41) is 9.43. The lowest BCUT2D eigenvalue weighted by atomic mass is 9.39. The van der Waals surface area contributed by atoms with Gasteiger partial charge in [0.25, 0.3) is 0 Å². The Morgan fingerprint density at radius 1 is 0.216 bits per heavy atom. The Morgan fingerprint density at radius 2 is 0.608 bits per heavy atom. The summed E-state index contributed by atoms with van der Waals surface area (Å²) in [5.74, 6) is 26.6. The predicted molar refractivity (Wildman–Crippen MR) is 299 cm³/mol. The zero-order valence-electron chi connectivity index (χ0n) is 46.8. The first-order valence-electron chi connectivity index (χ1n) is 35.4. The summed E-state index contributed by atoms with van der Waals surface area (Å²) >= 11 is 0. The fourth-order valence-corrected chi connectivity index (χ4v) is 29.9. The SMILES string of the molecule is C1CC2CCC3CCC(C4CCC5CCC6C7=C5C4CCC7CCC6C4CCC(C5CCC6CCC7C8=C6C5CCC8CCC7C5CC6C7CC8CCC9CCCC%10CCC(C7C6N5)C8C9%10)N4)C4CCC(C1)C2=C34. The third kappa shape index (κ3) is 6.44. The summed E-state index contributed by atoms with van der Waals surface area (Å²) < 4.78 is 0. The normalized spacial score (nSPS) is 59.0. The third-order valence-electron chi connectivity index (χ3n) is 31.7. The Morgan fingerprint density at radius 3 is 1.15 bits per heavy atom. The molecule has 11 saturated carbocycles. The molecule has 2 saturated heterocycles. The molecule has 0 spiro atoms. The molecular formula is C72H104N2. The summed E-state index contributed by atoms with van der Waals surface area (Å²) in [6, 6.07) is 3.37. The van der Waals surface area contributed by atoms with Crippen molar-refractivity contribution in [3.05, 3.63) is 33.4 Å². The minimum Gasteiger partial charge on any atom is -0.311 e. The lowest BCUT2D eigenvalue weighted by Gasteiger charge is -2.66. The van der Waals surface area contributed by atoms with Gasteiger partial charge in [0, 0.05) is 24.2 Å². The zero-order valence-corrected chi connectivity index (χ0v) is 46.8. The van der Waals surface area contributed by atoms with Gasteiger partial charge in [-0.2, -0.15) is 0 Å². The molecule has 2 N–H and O–H groups in total. The van der Waals surface area contributed by atoms with E-state index in [4.69, 9.17) is 10.6 Å². The van der Waals surface area contributed by atoms with Crippen LogP contribution in [0.4, 0.5) is 0 Å². The molecule has 30 unspecified atom stereocenters. The van der Waals surface area contributed by atoms with Crippen molar-refractivity contribution in [3.8, 4) is 0 Å². The van der Waals surface area contributed by atoms with E-state index in [2.05, 4.69) is 33.4 Å². The standard InChI is InChI=1S/C72H104N2/c1-3-37-7-8-41-11-22-47(52-27-16-39(5-1)63(37)65(41)52)48-23-12-42-18-29-54-49(24-13-43-17-28-53(48)66(42)67(43)54)60-33-34-61(73-60)50-25-14-44-20-31-56-51(26-15-45-19-30-55(50)68(44)69(45)56)62-36-59-58-35-46-10-9-38-4-2-6-40-21-32-57(70(46)64(38)40)71(58)72(59)74-62/h37-62,64,70-74H,1-36H2. The summed E-state index contributed by atoms with van der Waals surface area (Å²) in [6.45, 7) is 0. The van der Waals surface area contributed by atoms with Gasteiger partial charge >= 0.3 is 0 Å². The second-order valence-electron chi connectivity index (χ2n) is 33.1. The number of nitrogens with one attached hydrogen (secondary N) is 2. The Kier molecular flexibility index (Phi) is 10.7. The van der Waals surface area contributed by atoms with E-state index in [0.717, 1.165) is 178 Å². The first-order chi connectivity index (χ1) is 36.7. The highest BCUT2D eigenvalue weighted by molar-refractivity contribution is 5.38. The molecule has 2 heterocycles. The topological polar surface area (TPSA) is 24.1 Å². The maximum atomic E-state index is 4.74. The van der Waals surface area contributed by atoms with Crippen LogP contribution < -0.4 is 10.6 Å². The number of fused-ring (bicyclic) bond motifs is 5. The summed E-state index contributed by atoms with van der Waals surface area (Å²) in [7, 11) is 0. The summed E-state index contributed by atoms with van der Waals surface area (Å²) in [6.07, 6.45) is 56.6. The number of allylic oxidation sites excluding steroid dienone is 6. The molecule has 2 nitrogen and oxygen atoms in total. The predicted octanol–water partition coefficient (Wildman–Crippen LogP) is 16.9. The van der Waals surface area contributed by atoms with Crippen LogP contribution in [0.15, 0.2) is 33.4 Å². The Bertz CT molecular complexity index is 2340. The molecule has 0 aromatic rings. The Labute approximate surface area is 451 Å². The van der Waals surface area contributed by atoms with Crippen LogP contribution in [0.1, 0.15) is 231 Å². The molecule has 0 aromatic heterocycles. The van der Waals surface area contributed by atoms with Gasteiger partial charge in [-0.05, 0) is 359 Å². The third-order valence-corrected chi connectivity index (χ3v) is 31.7. The van der Waals surface area contributed by atoms with Crippen molar-refractivity contribution in [2.45, 2.75) is 255 Å². The highest BCUT2D eigenvalue weighted by Crippen LogP contribution is 2.70. The van der Waals surface area contributed by atoms with E-state index in [0.29, 0.717) is 0 Å². The van der Waals surface area contributed by atoms with Crippen molar-refractivity contribution in [1.82, 2.24) is 10.6 Å². The van der Waals surface area contributed by atoms with Crippen molar-refractivity contribution in [1.29, 1.82) is 0 Å². The molecule has 74 heavy (non-hydrogen) atoms. The largest absolute Gasteiger partial charge is 0.311 e. The molecule has 0 bridgehead atoms. The van der Waals surface area contributed by atoms with Crippen molar-refractivity contribution >= 4 is 0 Å². The van der Waals surface area contributed by atoms with Gasteiger partial charge in [-0.25, -0.2) is 0 Å². The summed E-state index contributed by atoms with van der Waals surface area (Å²) in [4.78, 5) is 0. The summed E-state index contributed by atoms with van der Waals surface area (Å²) in [5.41, 5.74) is 13.0. The molecule has 0 radical (unpaired) electrons.